The fraction of sp³-hybridized carbons (Fsp3) is 0.250. The summed E-state index contributed by atoms with van der Waals surface area (Å²) in [6.45, 7) is 4.32. The van der Waals surface area contributed by atoms with Crippen molar-refractivity contribution in [3.63, 3.8) is 0 Å². The molecule has 0 bridgehead atoms. The molecule has 1 aliphatic heterocycles. The summed E-state index contributed by atoms with van der Waals surface area (Å²) >= 11 is 0. The Hall–Kier alpha value is -3.15. The molecule has 3 aromatic rings. The summed E-state index contributed by atoms with van der Waals surface area (Å²) in [5.74, 6) is 0.508. The molecule has 26 heavy (non-hydrogen) atoms. The summed E-state index contributed by atoms with van der Waals surface area (Å²) in [5.41, 5.74) is 4.57. The van der Waals surface area contributed by atoms with Crippen molar-refractivity contribution in [2.24, 2.45) is 0 Å². The van der Waals surface area contributed by atoms with E-state index in [1.54, 1.807) is 30.0 Å². The van der Waals surface area contributed by atoms with Crippen LogP contribution >= 0.6 is 0 Å². The lowest BCUT2D eigenvalue weighted by molar-refractivity contribution is -0.118. The van der Waals surface area contributed by atoms with Gasteiger partial charge in [-0.15, -0.1) is 0 Å². The van der Waals surface area contributed by atoms with Gasteiger partial charge >= 0.3 is 0 Å². The van der Waals surface area contributed by atoms with E-state index in [0.29, 0.717) is 35.7 Å². The highest BCUT2D eigenvalue weighted by atomic mass is 16.3. The van der Waals surface area contributed by atoms with E-state index in [1.807, 2.05) is 25.1 Å². The Morgan fingerprint density at radius 3 is 2.88 bits per heavy atom. The van der Waals surface area contributed by atoms with E-state index in [2.05, 4.69) is 10.3 Å². The van der Waals surface area contributed by atoms with Gasteiger partial charge in [0.1, 0.15) is 5.52 Å². The Balaban J connectivity index is 1.55. The van der Waals surface area contributed by atoms with Crippen molar-refractivity contribution in [1.82, 2.24) is 4.98 Å². The van der Waals surface area contributed by atoms with Crippen LogP contribution in [0.25, 0.3) is 11.1 Å². The van der Waals surface area contributed by atoms with Crippen LogP contribution in [0.4, 0.5) is 11.4 Å². The highest BCUT2D eigenvalue weighted by Gasteiger charge is 2.24. The van der Waals surface area contributed by atoms with Crippen molar-refractivity contribution in [2.45, 2.75) is 26.7 Å². The van der Waals surface area contributed by atoms with Crippen LogP contribution in [-0.4, -0.2) is 23.3 Å². The van der Waals surface area contributed by atoms with Gasteiger partial charge in [-0.3, -0.25) is 9.59 Å². The second-order valence-electron chi connectivity index (χ2n) is 6.36. The fourth-order valence-electron chi connectivity index (χ4n) is 3.31. The van der Waals surface area contributed by atoms with E-state index in [-0.39, 0.29) is 11.8 Å². The fourth-order valence-corrected chi connectivity index (χ4v) is 3.31. The van der Waals surface area contributed by atoms with E-state index in [0.717, 1.165) is 23.2 Å². The number of nitrogens with one attached hydrogen (secondary N) is 1. The Kier molecular flexibility index (Phi) is 3.95. The third kappa shape index (κ3) is 2.83. The van der Waals surface area contributed by atoms with Gasteiger partial charge in [0.15, 0.2) is 11.5 Å². The number of fused-ring (bicyclic) bond motifs is 2. The molecule has 6 heteroatoms. The topological polar surface area (TPSA) is 75.4 Å². The number of hydrogen-bond acceptors (Lipinski definition) is 4. The molecule has 0 saturated heterocycles. The predicted molar refractivity (Wildman–Crippen MR) is 99.5 cm³/mol. The van der Waals surface area contributed by atoms with Gasteiger partial charge in [-0.25, -0.2) is 4.98 Å². The minimum atomic E-state index is -0.191. The highest BCUT2D eigenvalue weighted by Crippen LogP contribution is 2.30. The Bertz CT molecular complexity index is 1020. The molecule has 0 unspecified atom stereocenters. The summed E-state index contributed by atoms with van der Waals surface area (Å²) < 4.78 is 5.50. The average Bonchev–Trinajstić information content (AvgIpc) is 3.22. The number of hydrogen-bond donors (Lipinski definition) is 1. The number of aromatic nitrogens is 1. The lowest BCUT2D eigenvalue weighted by Crippen LogP contribution is -2.27. The van der Waals surface area contributed by atoms with Gasteiger partial charge in [0.05, 0.1) is 0 Å². The lowest BCUT2D eigenvalue weighted by Gasteiger charge is -2.16. The van der Waals surface area contributed by atoms with Crippen LogP contribution in [0.15, 0.2) is 40.8 Å². The Morgan fingerprint density at radius 1 is 1.23 bits per heavy atom. The van der Waals surface area contributed by atoms with Crippen molar-refractivity contribution < 1.29 is 14.0 Å². The number of aryl methyl sites for hydroxylation is 1. The first kappa shape index (κ1) is 16.3. The van der Waals surface area contributed by atoms with Crippen LogP contribution in [0, 0.1) is 6.92 Å². The molecule has 0 saturated carbocycles. The van der Waals surface area contributed by atoms with Crippen molar-refractivity contribution in [2.75, 3.05) is 16.8 Å². The molecular formula is C20H19N3O3. The number of anilines is 2. The molecule has 6 nitrogen and oxygen atoms in total. The van der Waals surface area contributed by atoms with E-state index in [9.17, 15) is 9.59 Å². The van der Waals surface area contributed by atoms with Crippen LogP contribution in [0.3, 0.4) is 0 Å². The standard InChI is InChI=1S/C20H19N3O3/c1-3-19(24)23-9-8-13-10-14(4-7-17(13)23)20(25)22-15-5-6-16-18(11-15)26-12(2)21-16/h4-7,10-11H,3,8-9H2,1-2H3,(H,22,25). The molecule has 2 amide bonds. The van der Waals surface area contributed by atoms with Gasteiger partial charge in [-0.1, -0.05) is 6.92 Å². The molecular weight excluding hydrogens is 330 g/mol. The molecule has 2 aromatic carbocycles. The van der Waals surface area contributed by atoms with Crippen LogP contribution in [0.2, 0.25) is 0 Å². The summed E-state index contributed by atoms with van der Waals surface area (Å²) in [6, 6.07) is 10.9. The maximum Gasteiger partial charge on any atom is 0.255 e. The molecule has 4 rings (SSSR count). The number of carbonyl (C=O) groups excluding carboxylic acids is 2. The number of amides is 2. The van der Waals surface area contributed by atoms with Gasteiger partial charge in [0.2, 0.25) is 5.91 Å². The first-order valence-electron chi connectivity index (χ1n) is 8.67. The van der Waals surface area contributed by atoms with E-state index in [4.69, 9.17) is 4.42 Å². The first-order chi connectivity index (χ1) is 12.5. The predicted octanol–water partition coefficient (Wildman–Crippen LogP) is 3.69. The van der Waals surface area contributed by atoms with Crippen LogP contribution in [-0.2, 0) is 11.2 Å². The highest BCUT2D eigenvalue weighted by molar-refractivity contribution is 6.06. The maximum atomic E-state index is 12.6. The zero-order valence-corrected chi connectivity index (χ0v) is 14.7. The van der Waals surface area contributed by atoms with Gasteiger partial charge in [0, 0.05) is 42.9 Å². The first-order valence-corrected chi connectivity index (χ1v) is 8.67. The minimum absolute atomic E-state index is 0.108. The van der Waals surface area contributed by atoms with Gasteiger partial charge in [-0.2, -0.15) is 0 Å². The minimum Gasteiger partial charge on any atom is -0.441 e. The van der Waals surface area contributed by atoms with Crippen LogP contribution in [0.5, 0.6) is 0 Å². The summed E-state index contributed by atoms with van der Waals surface area (Å²) in [4.78, 5) is 30.6. The molecule has 0 aliphatic carbocycles. The third-order valence-electron chi connectivity index (χ3n) is 4.59. The molecule has 2 heterocycles. The summed E-state index contributed by atoms with van der Waals surface area (Å²) in [5, 5.41) is 2.89. The summed E-state index contributed by atoms with van der Waals surface area (Å²) in [7, 11) is 0. The van der Waals surface area contributed by atoms with E-state index < -0.39 is 0 Å². The maximum absolute atomic E-state index is 12.6. The van der Waals surface area contributed by atoms with Gasteiger partial charge < -0.3 is 14.6 Å². The van der Waals surface area contributed by atoms with Gasteiger partial charge in [-0.05, 0) is 42.3 Å². The largest absolute Gasteiger partial charge is 0.441 e. The second kappa shape index (κ2) is 6.29. The van der Waals surface area contributed by atoms with Crippen molar-refractivity contribution in [1.29, 1.82) is 0 Å². The van der Waals surface area contributed by atoms with E-state index in [1.165, 1.54) is 0 Å². The van der Waals surface area contributed by atoms with Crippen molar-refractivity contribution in [3.05, 3.63) is 53.4 Å². The molecule has 1 aromatic heterocycles. The molecule has 0 spiro atoms. The van der Waals surface area contributed by atoms with E-state index >= 15 is 0 Å². The average molecular weight is 349 g/mol. The second-order valence-corrected chi connectivity index (χ2v) is 6.36. The van der Waals surface area contributed by atoms with Gasteiger partial charge in [0.25, 0.3) is 5.91 Å². The molecule has 0 atom stereocenters. The molecule has 1 aliphatic rings. The van der Waals surface area contributed by atoms with Crippen molar-refractivity contribution in [3.8, 4) is 0 Å². The molecule has 0 radical (unpaired) electrons. The Morgan fingerprint density at radius 2 is 2.08 bits per heavy atom. The van der Waals surface area contributed by atoms with Crippen molar-refractivity contribution >= 4 is 34.3 Å². The molecule has 0 fully saturated rings. The normalized spacial score (nSPS) is 13.1. The lowest BCUT2D eigenvalue weighted by atomic mass is 10.1. The summed E-state index contributed by atoms with van der Waals surface area (Å²) in [6.07, 6.45) is 1.25. The SMILES string of the molecule is CCC(=O)N1CCc2cc(C(=O)Nc3ccc4nc(C)oc4c3)ccc21. The monoisotopic (exact) mass is 349 g/mol. The Labute approximate surface area is 150 Å². The zero-order chi connectivity index (χ0) is 18.3. The van der Waals surface area contributed by atoms with Crippen LogP contribution < -0.4 is 10.2 Å². The smallest absolute Gasteiger partial charge is 0.255 e. The number of benzene rings is 2. The quantitative estimate of drug-likeness (QED) is 0.782. The number of carbonyl (C=O) groups is 2. The zero-order valence-electron chi connectivity index (χ0n) is 14.7. The molecule has 1 N–H and O–H groups in total. The van der Waals surface area contributed by atoms with Crippen LogP contribution in [0.1, 0.15) is 35.2 Å². The molecule has 132 valence electrons. The number of nitrogens with zero attached hydrogens (tertiary/aromatic N) is 2. The number of oxazole rings is 1. The third-order valence-corrected chi connectivity index (χ3v) is 4.59. The number of rotatable bonds is 3.